The van der Waals surface area contributed by atoms with Crippen LogP contribution in [0, 0.1) is 0 Å². The first-order valence-corrected chi connectivity index (χ1v) is 11.9. The van der Waals surface area contributed by atoms with Crippen molar-refractivity contribution in [1.82, 2.24) is 19.7 Å². The van der Waals surface area contributed by atoms with Crippen LogP contribution in [-0.2, 0) is 6.54 Å². The van der Waals surface area contributed by atoms with Crippen LogP contribution in [0.4, 0.5) is 0 Å². The molecule has 4 heterocycles. The van der Waals surface area contributed by atoms with Gasteiger partial charge in [0.15, 0.2) is 0 Å². The van der Waals surface area contributed by atoms with Crippen LogP contribution in [0.15, 0.2) is 42.2 Å². The summed E-state index contributed by atoms with van der Waals surface area (Å²) in [7, 11) is 3.44. The van der Waals surface area contributed by atoms with Crippen LogP contribution in [0.1, 0.15) is 54.2 Å². The molecule has 1 atom stereocenters. The lowest BCUT2D eigenvalue weighted by molar-refractivity contribution is 0.0513. The van der Waals surface area contributed by atoms with Crippen molar-refractivity contribution in [2.75, 3.05) is 40.5 Å². The Kier molecular flexibility index (Phi) is 5.60. The normalized spacial score (nSPS) is 21.9. The lowest BCUT2D eigenvalue weighted by atomic mass is 9.82. The number of allylic oxidation sites excluding steroid dienone is 1. The molecule has 1 spiro atoms. The molecule has 0 bridgehead atoms. The summed E-state index contributed by atoms with van der Waals surface area (Å²) in [6, 6.07) is 7.88. The average Bonchev–Trinajstić information content (AvgIpc) is 3.43. The van der Waals surface area contributed by atoms with Gasteiger partial charge >= 0.3 is 0 Å². The third-order valence-corrected chi connectivity index (χ3v) is 7.73. The Hall–Kier alpha value is -2.93. The van der Waals surface area contributed by atoms with Gasteiger partial charge in [0.25, 0.3) is 5.91 Å². The van der Waals surface area contributed by atoms with Gasteiger partial charge in [0.05, 0.1) is 26.4 Å². The lowest BCUT2D eigenvalue weighted by Gasteiger charge is -2.44. The van der Waals surface area contributed by atoms with Crippen molar-refractivity contribution >= 4 is 5.91 Å². The van der Waals surface area contributed by atoms with Crippen molar-refractivity contribution in [3.8, 4) is 11.5 Å². The van der Waals surface area contributed by atoms with Crippen LogP contribution in [0.3, 0.4) is 0 Å². The first-order valence-electron chi connectivity index (χ1n) is 11.9. The van der Waals surface area contributed by atoms with E-state index in [1.54, 1.807) is 14.2 Å². The number of likely N-dealkylation sites (tertiary alicyclic amines) is 1. The van der Waals surface area contributed by atoms with E-state index in [9.17, 15) is 4.79 Å². The standard InChI is InChI=1S/C26H34N4O3/c1-5-30-17-29-16-19-14-20(32-3)15-22(33-4)24(19)18(2)13-23(29)26(30)8-11-28(12-9-26)25(31)21-7-6-10-27-21/h6-7,10,13-15,18,27H,5,8-9,11-12,16-17H2,1-4H3. The largest absolute Gasteiger partial charge is 0.497 e. The highest BCUT2D eigenvalue weighted by Crippen LogP contribution is 2.48. The van der Waals surface area contributed by atoms with Gasteiger partial charge in [0.1, 0.15) is 17.2 Å². The number of benzene rings is 1. The number of H-pyrrole nitrogens is 1. The highest BCUT2D eigenvalue weighted by Gasteiger charge is 2.51. The lowest BCUT2D eigenvalue weighted by Crippen LogP contribution is -2.54. The van der Waals surface area contributed by atoms with E-state index >= 15 is 0 Å². The van der Waals surface area contributed by atoms with E-state index in [1.807, 2.05) is 29.3 Å². The molecule has 176 valence electrons. The molecule has 5 rings (SSSR count). The molecule has 0 saturated carbocycles. The zero-order valence-corrected chi connectivity index (χ0v) is 20.1. The number of methoxy groups -OCH3 is 2. The summed E-state index contributed by atoms with van der Waals surface area (Å²) in [5.74, 6) is 2.05. The zero-order valence-electron chi connectivity index (χ0n) is 20.1. The Balaban J connectivity index is 1.46. The first kappa shape index (κ1) is 21.9. The number of hydrogen-bond acceptors (Lipinski definition) is 5. The molecule has 7 heteroatoms. The summed E-state index contributed by atoms with van der Waals surface area (Å²) in [6.45, 7) is 8.75. The number of likely N-dealkylation sites (N-methyl/N-ethyl adjacent to an activating group) is 1. The zero-order chi connectivity index (χ0) is 23.2. The van der Waals surface area contributed by atoms with Crippen molar-refractivity contribution in [2.45, 2.75) is 44.7 Å². The fourth-order valence-corrected chi connectivity index (χ4v) is 6.07. The highest BCUT2D eigenvalue weighted by molar-refractivity contribution is 5.92. The fraction of sp³-hybridized carbons (Fsp3) is 0.500. The molecule has 0 aliphatic carbocycles. The maximum atomic E-state index is 12.9. The maximum absolute atomic E-state index is 12.9. The molecule has 33 heavy (non-hydrogen) atoms. The van der Waals surface area contributed by atoms with Gasteiger partial charge in [-0.2, -0.15) is 0 Å². The Labute approximate surface area is 195 Å². The van der Waals surface area contributed by atoms with Crippen molar-refractivity contribution in [2.24, 2.45) is 0 Å². The summed E-state index contributed by atoms with van der Waals surface area (Å²) in [4.78, 5) is 23.1. The van der Waals surface area contributed by atoms with E-state index in [0.717, 1.165) is 57.2 Å². The minimum Gasteiger partial charge on any atom is -0.497 e. The Morgan fingerprint density at radius 3 is 2.64 bits per heavy atom. The number of piperidine rings is 1. The number of ether oxygens (including phenoxy) is 2. The third-order valence-electron chi connectivity index (χ3n) is 7.73. The van der Waals surface area contributed by atoms with Crippen LogP contribution < -0.4 is 9.47 Å². The van der Waals surface area contributed by atoms with Crippen molar-refractivity contribution in [1.29, 1.82) is 0 Å². The molecule has 1 aromatic heterocycles. The summed E-state index contributed by atoms with van der Waals surface area (Å²) in [5, 5.41) is 0. The van der Waals surface area contributed by atoms with Gasteiger partial charge in [-0.1, -0.05) is 19.9 Å². The predicted molar refractivity (Wildman–Crippen MR) is 127 cm³/mol. The van der Waals surface area contributed by atoms with Gasteiger partial charge in [-0.3, -0.25) is 9.69 Å². The summed E-state index contributed by atoms with van der Waals surface area (Å²) < 4.78 is 11.3. The molecule has 7 nitrogen and oxygen atoms in total. The van der Waals surface area contributed by atoms with E-state index in [0.29, 0.717) is 5.69 Å². The second kappa shape index (κ2) is 8.45. The molecule has 1 unspecified atom stereocenters. The average molecular weight is 451 g/mol. The number of carbonyl (C=O) groups excluding carboxylic acids is 1. The second-order valence-corrected chi connectivity index (χ2v) is 9.35. The van der Waals surface area contributed by atoms with Crippen LogP contribution in [-0.4, -0.2) is 71.7 Å². The Morgan fingerprint density at radius 2 is 2.00 bits per heavy atom. The van der Waals surface area contributed by atoms with Gasteiger partial charge in [-0.25, -0.2) is 0 Å². The molecular formula is C26H34N4O3. The monoisotopic (exact) mass is 450 g/mol. The Bertz CT molecular complexity index is 1050. The van der Waals surface area contributed by atoms with E-state index in [2.05, 4.69) is 40.8 Å². The molecule has 2 saturated heterocycles. The highest BCUT2D eigenvalue weighted by atomic mass is 16.5. The van der Waals surface area contributed by atoms with Gasteiger partial charge in [0, 0.05) is 49.1 Å². The van der Waals surface area contributed by atoms with Crippen LogP contribution in [0.2, 0.25) is 0 Å². The molecule has 1 amide bonds. The van der Waals surface area contributed by atoms with E-state index in [1.165, 1.54) is 16.8 Å². The molecule has 3 aliphatic rings. The number of aromatic nitrogens is 1. The van der Waals surface area contributed by atoms with Crippen LogP contribution in [0.25, 0.3) is 0 Å². The predicted octanol–water partition coefficient (Wildman–Crippen LogP) is 3.80. The maximum Gasteiger partial charge on any atom is 0.270 e. The van der Waals surface area contributed by atoms with E-state index < -0.39 is 0 Å². The SMILES string of the molecule is CCN1CN2Cc3cc(OC)cc(OC)c3C(C)C=C2C12CCN(C(=O)c1ccc[nH]1)CC2. The number of aromatic amines is 1. The molecule has 2 aromatic rings. The van der Waals surface area contributed by atoms with Gasteiger partial charge < -0.3 is 24.3 Å². The van der Waals surface area contributed by atoms with E-state index in [-0.39, 0.29) is 17.4 Å². The number of nitrogens with zero attached hydrogens (tertiary/aromatic N) is 3. The molecule has 1 aromatic carbocycles. The van der Waals surface area contributed by atoms with Crippen LogP contribution >= 0.6 is 0 Å². The number of fused-ring (bicyclic) bond motifs is 3. The number of carbonyl (C=O) groups is 1. The minimum atomic E-state index is -0.0328. The van der Waals surface area contributed by atoms with Crippen LogP contribution in [0.5, 0.6) is 11.5 Å². The van der Waals surface area contributed by atoms with Crippen molar-refractivity contribution < 1.29 is 14.3 Å². The molecule has 0 radical (unpaired) electrons. The minimum absolute atomic E-state index is 0.0328. The smallest absolute Gasteiger partial charge is 0.270 e. The molecule has 3 aliphatic heterocycles. The topological polar surface area (TPSA) is 61.0 Å². The van der Waals surface area contributed by atoms with Crippen molar-refractivity contribution in [3.63, 3.8) is 0 Å². The summed E-state index contributed by atoms with van der Waals surface area (Å²) in [6.07, 6.45) is 6.14. The summed E-state index contributed by atoms with van der Waals surface area (Å²) >= 11 is 0. The summed E-state index contributed by atoms with van der Waals surface area (Å²) in [5.41, 5.74) is 4.55. The number of rotatable bonds is 4. The van der Waals surface area contributed by atoms with Gasteiger partial charge in [0.2, 0.25) is 0 Å². The molecular weight excluding hydrogens is 416 g/mol. The first-order chi connectivity index (χ1) is 16.0. The molecule has 1 N–H and O–H groups in total. The number of hydrogen-bond donors (Lipinski definition) is 1. The second-order valence-electron chi connectivity index (χ2n) is 9.35. The van der Waals surface area contributed by atoms with Gasteiger partial charge in [-0.05, 0) is 43.1 Å². The van der Waals surface area contributed by atoms with Crippen molar-refractivity contribution in [3.05, 3.63) is 59.1 Å². The Morgan fingerprint density at radius 1 is 1.21 bits per heavy atom. The number of amides is 1. The van der Waals surface area contributed by atoms with E-state index in [4.69, 9.17) is 9.47 Å². The molecule has 2 fully saturated rings. The quantitative estimate of drug-likeness (QED) is 0.768. The van der Waals surface area contributed by atoms with Gasteiger partial charge in [-0.15, -0.1) is 0 Å². The fourth-order valence-electron chi connectivity index (χ4n) is 6.07. The number of nitrogens with one attached hydrogen (secondary N) is 1. The third kappa shape index (κ3) is 3.50.